The van der Waals surface area contributed by atoms with Crippen LogP contribution in [-0.4, -0.2) is 15.2 Å². The Kier molecular flexibility index (Phi) is 2.44. The molecule has 1 atom stereocenters. The highest BCUT2D eigenvalue weighted by atomic mass is 15.3. The van der Waals surface area contributed by atoms with Crippen molar-refractivity contribution in [2.24, 2.45) is 0 Å². The molecular formula is C10H12N4. The fraction of sp³-hybridized carbons (Fsp3) is 0.200. The molecule has 1 heterocycles. The predicted octanol–water partition coefficient (Wildman–Crippen LogP) is 1.54. The first-order valence-corrected chi connectivity index (χ1v) is 4.54. The van der Waals surface area contributed by atoms with Crippen LogP contribution >= 0.6 is 0 Å². The Morgan fingerprint density at radius 1 is 1.29 bits per heavy atom. The summed E-state index contributed by atoms with van der Waals surface area (Å²) in [7, 11) is 0. The average Bonchev–Trinajstić information content (AvgIpc) is 2.51. The van der Waals surface area contributed by atoms with Gasteiger partial charge in [-0.2, -0.15) is 4.98 Å². The van der Waals surface area contributed by atoms with Crippen LogP contribution in [0.25, 0.3) is 0 Å². The maximum atomic E-state index is 5.45. The molecule has 1 aliphatic carbocycles. The molecule has 0 amide bonds. The number of nitrogen functional groups attached to an aromatic ring is 1. The lowest BCUT2D eigenvalue weighted by Crippen LogP contribution is -1.97. The summed E-state index contributed by atoms with van der Waals surface area (Å²) in [5, 5.41) is 6.64. The molecule has 4 nitrogen and oxygen atoms in total. The predicted molar refractivity (Wildman–Crippen MR) is 55.6 cm³/mol. The van der Waals surface area contributed by atoms with E-state index in [0.717, 1.165) is 12.2 Å². The number of aromatic amines is 1. The van der Waals surface area contributed by atoms with E-state index in [4.69, 9.17) is 5.73 Å². The second-order valence-electron chi connectivity index (χ2n) is 3.12. The molecule has 1 aromatic rings. The van der Waals surface area contributed by atoms with Crippen molar-refractivity contribution in [2.45, 2.75) is 12.3 Å². The molecule has 3 N–H and O–H groups in total. The Morgan fingerprint density at radius 3 is 2.93 bits per heavy atom. The van der Waals surface area contributed by atoms with Crippen molar-refractivity contribution >= 4 is 5.95 Å². The fourth-order valence-electron chi connectivity index (χ4n) is 1.37. The first kappa shape index (κ1) is 8.74. The molecule has 1 aliphatic rings. The van der Waals surface area contributed by atoms with E-state index < -0.39 is 0 Å². The molecule has 0 aromatic carbocycles. The van der Waals surface area contributed by atoms with E-state index in [-0.39, 0.29) is 5.92 Å². The third kappa shape index (κ3) is 1.90. The molecule has 0 spiro atoms. The Bertz CT molecular complexity index is 387. The lowest BCUT2D eigenvalue weighted by atomic mass is 10.0. The summed E-state index contributed by atoms with van der Waals surface area (Å²) in [6, 6.07) is 0. The summed E-state index contributed by atoms with van der Waals surface area (Å²) in [6.07, 6.45) is 13.1. The number of anilines is 1. The maximum Gasteiger partial charge on any atom is 0.239 e. The summed E-state index contributed by atoms with van der Waals surface area (Å²) in [6.45, 7) is 0. The van der Waals surface area contributed by atoms with E-state index in [1.807, 2.05) is 24.3 Å². The van der Waals surface area contributed by atoms with Crippen LogP contribution in [0.15, 0.2) is 36.5 Å². The standard InChI is InChI=1S/C10H12N4/c11-10-12-9(13-14-10)8-6-4-2-1-3-5-7-8/h1-6,8H,7H2,(H3,11,12,13,14)/b2-1-,5-3-,6-4?. The fourth-order valence-corrected chi connectivity index (χ4v) is 1.37. The molecular weight excluding hydrogens is 176 g/mol. The number of hydrogen-bond acceptors (Lipinski definition) is 3. The highest BCUT2D eigenvalue weighted by molar-refractivity contribution is 5.23. The number of nitrogens with two attached hydrogens (primary N) is 1. The summed E-state index contributed by atoms with van der Waals surface area (Å²) in [4.78, 5) is 4.11. The van der Waals surface area contributed by atoms with Gasteiger partial charge < -0.3 is 5.73 Å². The number of aromatic nitrogens is 3. The zero-order chi connectivity index (χ0) is 9.80. The van der Waals surface area contributed by atoms with Gasteiger partial charge in [0.25, 0.3) is 0 Å². The van der Waals surface area contributed by atoms with Gasteiger partial charge in [-0.05, 0) is 6.42 Å². The second kappa shape index (κ2) is 3.91. The van der Waals surface area contributed by atoms with Crippen LogP contribution in [0.1, 0.15) is 18.2 Å². The lowest BCUT2D eigenvalue weighted by Gasteiger charge is -2.06. The molecule has 4 heteroatoms. The molecule has 0 saturated carbocycles. The lowest BCUT2D eigenvalue weighted by molar-refractivity contribution is 0.784. The van der Waals surface area contributed by atoms with E-state index in [1.54, 1.807) is 0 Å². The van der Waals surface area contributed by atoms with Crippen molar-refractivity contribution in [3.63, 3.8) is 0 Å². The molecule has 1 aromatic heterocycles. The third-order valence-corrected chi connectivity index (χ3v) is 2.07. The number of hydrogen-bond donors (Lipinski definition) is 2. The van der Waals surface area contributed by atoms with E-state index in [2.05, 4.69) is 27.3 Å². The minimum absolute atomic E-state index is 0.237. The van der Waals surface area contributed by atoms with Crippen LogP contribution in [0.5, 0.6) is 0 Å². The number of nitrogens with one attached hydrogen (secondary N) is 1. The summed E-state index contributed by atoms with van der Waals surface area (Å²) >= 11 is 0. The number of H-pyrrole nitrogens is 1. The molecule has 1 unspecified atom stereocenters. The van der Waals surface area contributed by atoms with Gasteiger partial charge in [0, 0.05) is 5.92 Å². The number of allylic oxidation sites excluding steroid dienone is 6. The SMILES string of the molecule is Nc1n[nH]c(C2C=C/C=C\C=C/C2)n1. The molecule has 0 fully saturated rings. The van der Waals surface area contributed by atoms with Crippen LogP contribution in [0.4, 0.5) is 5.95 Å². The first-order chi connectivity index (χ1) is 6.86. The molecule has 72 valence electrons. The maximum absolute atomic E-state index is 5.45. The van der Waals surface area contributed by atoms with Gasteiger partial charge >= 0.3 is 0 Å². The highest BCUT2D eigenvalue weighted by Crippen LogP contribution is 2.19. The van der Waals surface area contributed by atoms with Gasteiger partial charge in [-0.1, -0.05) is 36.5 Å². The van der Waals surface area contributed by atoms with Crippen LogP contribution in [-0.2, 0) is 0 Å². The summed E-state index contributed by atoms with van der Waals surface area (Å²) in [5.74, 6) is 1.36. The molecule has 0 bridgehead atoms. The van der Waals surface area contributed by atoms with E-state index in [1.165, 1.54) is 0 Å². The molecule has 0 aliphatic heterocycles. The summed E-state index contributed by atoms with van der Waals surface area (Å²) in [5.41, 5.74) is 5.45. The van der Waals surface area contributed by atoms with Crippen molar-refractivity contribution in [1.82, 2.24) is 15.2 Å². The zero-order valence-electron chi connectivity index (χ0n) is 7.72. The number of rotatable bonds is 1. The Hall–Kier alpha value is -1.84. The van der Waals surface area contributed by atoms with E-state index in [0.29, 0.717) is 5.95 Å². The van der Waals surface area contributed by atoms with Crippen LogP contribution in [0.3, 0.4) is 0 Å². The Labute approximate surface area is 82.2 Å². The topological polar surface area (TPSA) is 67.6 Å². The molecule has 14 heavy (non-hydrogen) atoms. The minimum atomic E-state index is 0.237. The monoisotopic (exact) mass is 188 g/mol. The van der Waals surface area contributed by atoms with Gasteiger partial charge in [0.05, 0.1) is 0 Å². The molecule has 2 rings (SSSR count). The van der Waals surface area contributed by atoms with Crippen LogP contribution in [0.2, 0.25) is 0 Å². The van der Waals surface area contributed by atoms with Crippen LogP contribution in [0, 0.1) is 0 Å². The molecule has 0 radical (unpaired) electrons. The zero-order valence-corrected chi connectivity index (χ0v) is 7.72. The second-order valence-corrected chi connectivity index (χ2v) is 3.12. The number of nitrogens with zero attached hydrogens (tertiary/aromatic N) is 2. The van der Waals surface area contributed by atoms with Crippen molar-refractivity contribution < 1.29 is 0 Å². The van der Waals surface area contributed by atoms with Crippen molar-refractivity contribution in [2.75, 3.05) is 5.73 Å². The smallest absolute Gasteiger partial charge is 0.239 e. The molecule has 0 saturated heterocycles. The average molecular weight is 188 g/mol. The van der Waals surface area contributed by atoms with Crippen LogP contribution < -0.4 is 5.73 Å². The third-order valence-electron chi connectivity index (χ3n) is 2.07. The Balaban J connectivity index is 2.21. The van der Waals surface area contributed by atoms with Crippen molar-refractivity contribution in [3.05, 3.63) is 42.3 Å². The van der Waals surface area contributed by atoms with Gasteiger partial charge in [-0.25, -0.2) is 0 Å². The highest BCUT2D eigenvalue weighted by Gasteiger charge is 2.10. The Morgan fingerprint density at radius 2 is 2.14 bits per heavy atom. The van der Waals surface area contributed by atoms with Gasteiger partial charge in [0.15, 0.2) is 0 Å². The van der Waals surface area contributed by atoms with Gasteiger partial charge in [-0.3, -0.25) is 5.10 Å². The van der Waals surface area contributed by atoms with Crippen molar-refractivity contribution in [3.8, 4) is 0 Å². The van der Waals surface area contributed by atoms with Gasteiger partial charge in [-0.15, -0.1) is 5.10 Å². The minimum Gasteiger partial charge on any atom is -0.367 e. The van der Waals surface area contributed by atoms with Gasteiger partial charge in [0.2, 0.25) is 5.95 Å². The van der Waals surface area contributed by atoms with Gasteiger partial charge in [0.1, 0.15) is 5.82 Å². The van der Waals surface area contributed by atoms with E-state index in [9.17, 15) is 0 Å². The van der Waals surface area contributed by atoms with E-state index >= 15 is 0 Å². The normalized spacial score (nSPS) is 25.3. The van der Waals surface area contributed by atoms with Crippen molar-refractivity contribution in [1.29, 1.82) is 0 Å². The summed E-state index contributed by atoms with van der Waals surface area (Å²) < 4.78 is 0. The first-order valence-electron chi connectivity index (χ1n) is 4.54. The quantitative estimate of drug-likeness (QED) is 0.702. The largest absolute Gasteiger partial charge is 0.367 e.